The highest BCUT2D eigenvalue weighted by molar-refractivity contribution is 7.89. The van der Waals surface area contributed by atoms with Crippen LogP contribution in [0.1, 0.15) is 17.3 Å². The first-order chi connectivity index (χ1) is 12.9. The average molecular weight is 388 g/mol. The third kappa shape index (κ3) is 6.02. The molecule has 0 saturated carbocycles. The SMILES string of the molecule is CCOc1ccc(S(=O)(=O)NCC#CCOc2ccccc2C(N)=O)cc1. The van der Waals surface area contributed by atoms with E-state index in [4.69, 9.17) is 15.2 Å². The van der Waals surface area contributed by atoms with Gasteiger partial charge in [-0.05, 0) is 43.3 Å². The van der Waals surface area contributed by atoms with Crippen molar-refractivity contribution in [3.8, 4) is 23.3 Å². The Morgan fingerprint density at radius 1 is 1.07 bits per heavy atom. The van der Waals surface area contributed by atoms with Crippen molar-refractivity contribution < 1.29 is 22.7 Å². The van der Waals surface area contributed by atoms with E-state index in [1.807, 2.05) is 6.92 Å². The molecule has 0 radical (unpaired) electrons. The quantitative estimate of drug-likeness (QED) is 0.667. The van der Waals surface area contributed by atoms with E-state index in [1.165, 1.54) is 12.1 Å². The summed E-state index contributed by atoms with van der Waals surface area (Å²) in [6.45, 7) is 2.28. The van der Waals surface area contributed by atoms with Gasteiger partial charge >= 0.3 is 0 Å². The number of rotatable bonds is 8. The first-order valence-electron chi connectivity index (χ1n) is 8.14. The minimum absolute atomic E-state index is 0.00489. The molecular weight excluding hydrogens is 368 g/mol. The molecule has 0 spiro atoms. The number of hydrogen-bond donors (Lipinski definition) is 2. The van der Waals surface area contributed by atoms with Crippen molar-refractivity contribution >= 4 is 15.9 Å². The number of nitrogens with two attached hydrogens (primary N) is 1. The molecule has 2 aromatic carbocycles. The number of primary amides is 1. The molecule has 0 aliphatic carbocycles. The fraction of sp³-hybridized carbons (Fsp3) is 0.211. The van der Waals surface area contributed by atoms with E-state index >= 15 is 0 Å². The van der Waals surface area contributed by atoms with E-state index in [0.717, 1.165) is 0 Å². The van der Waals surface area contributed by atoms with Gasteiger partial charge in [0.15, 0.2) is 0 Å². The molecule has 8 heteroatoms. The van der Waals surface area contributed by atoms with E-state index in [2.05, 4.69) is 16.6 Å². The van der Waals surface area contributed by atoms with Crippen LogP contribution in [0.3, 0.4) is 0 Å². The molecule has 1 amide bonds. The van der Waals surface area contributed by atoms with Crippen molar-refractivity contribution in [2.75, 3.05) is 19.8 Å². The Morgan fingerprint density at radius 2 is 1.78 bits per heavy atom. The number of nitrogens with one attached hydrogen (secondary N) is 1. The third-order valence-electron chi connectivity index (χ3n) is 3.37. The Hall–Kier alpha value is -3.02. The van der Waals surface area contributed by atoms with Crippen LogP contribution in [0, 0.1) is 11.8 Å². The number of carbonyl (C=O) groups excluding carboxylic acids is 1. The highest BCUT2D eigenvalue weighted by Gasteiger charge is 2.12. The van der Waals surface area contributed by atoms with Gasteiger partial charge in [-0.1, -0.05) is 24.0 Å². The Morgan fingerprint density at radius 3 is 2.44 bits per heavy atom. The number of carbonyl (C=O) groups is 1. The summed E-state index contributed by atoms with van der Waals surface area (Å²) in [6.07, 6.45) is 0. The lowest BCUT2D eigenvalue weighted by Gasteiger charge is -2.06. The zero-order valence-electron chi connectivity index (χ0n) is 14.8. The molecule has 0 aliphatic rings. The summed E-state index contributed by atoms with van der Waals surface area (Å²) in [5, 5.41) is 0. The summed E-state index contributed by atoms with van der Waals surface area (Å²) in [6, 6.07) is 12.7. The monoisotopic (exact) mass is 388 g/mol. The van der Waals surface area contributed by atoms with Crippen molar-refractivity contribution in [1.29, 1.82) is 0 Å². The van der Waals surface area contributed by atoms with Gasteiger partial charge in [-0.15, -0.1) is 0 Å². The first kappa shape index (κ1) is 20.3. The largest absolute Gasteiger partial charge is 0.494 e. The van der Waals surface area contributed by atoms with E-state index in [0.29, 0.717) is 18.1 Å². The Labute approximate surface area is 158 Å². The smallest absolute Gasteiger partial charge is 0.252 e. The van der Waals surface area contributed by atoms with Gasteiger partial charge in [-0.25, -0.2) is 8.42 Å². The number of sulfonamides is 1. The predicted octanol–water partition coefficient (Wildman–Crippen LogP) is 1.54. The Kier molecular flexibility index (Phi) is 7.23. The van der Waals surface area contributed by atoms with E-state index in [9.17, 15) is 13.2 Å². The molecule has 0 heterocycles. The second-order valence-electron chi connectivity index (χ2n) is 5.23. The van der Waals surface area contributed by atoms with E-state index in [1.54, 1.807) is 36.4 Å². The van der Waals surface area contributed by atoms with Crippen LogP contribution in [-0.2, 0) is 10.0 Å². The lowest BCUT2D eigenvalue weighted by atomic mass is 10.2. The minimum Gasteiger partial charge on any atom is -0.494 e. The van der Waals surface area contributed by atoms with Crippen LogP contribution in [0.5, 0.6) is 11.5 Å². The lowest BCUT2D eigenvalue weighted by molar-refractivity contribution is 0.0997. The van der Waals surface area contributed by atoms with Gasteiger partial charge in [0.1, 0.15) is 18.1 Å². The summed E-state index contributed by atoms with van der Waals surface area (Å²) < 4.78 is 37.4. The Balaban J connectivity index is 1.87. The summed E-state index contributed by atoms with van der Waals surface area (Å²) in [5.41, 5.74) is 5.52. The van der Waals surface area contributed by atoms with Crippen molar-refractivity contribution in [1.82, 2.24) is 4.72 Å². The highest BCUT2D eigenvalue weighted by Crippen LogP contribution is 2.17. The number of ether oxygens (including phenoxy) is 2. The first-order valence-corrected chi connectivity index (χ1v) is 9.62. The normalized spacial score (nSPS) is 10.6. The zero-order chi connectivity index (χ0) is 19.7. The van der Waals surface area contributed by atoms with Gasteiger partial charge in [0.25, 0.3) is 5.91 Å². The van der Waals surface area contributed by atoms with Crippen molar-refractivity contribution in [3.05, 3.63) is 54.1 Å². The van der Waals surface area contributed by atoms with Gasteiger partial charge in [0.05, 0.1) is 23.6 Å². The maximum absolute atomic E-state index is 12.2. The maximum atomic E-state index is 12.2. The topological polar surface area (TPSA) is 108 Å². The number of amides is 1. The molecule has 0 saturated heterocycles. The predicted molar refractivity (Wildman–Crippen MR) is 101 cm³/mol. The number of para-hydroxylation sites is 1. The molecule has 0 fully saturated rings. The summed E-state index contributed by atoms with van der Waals surface area (Å²) in [7, 11) is -3.66. The second kappa shape index (κ2) is 9.62. The van der Waals surface area contributed by atoms with E-state index in [-0.39, 0.29) is 23.6 Å². The lowest BCUT2D eigenvalue weighted by Crippen LogP contribution is -2.24. The molecule has 0 bridgehead atoms. The zero-order valence-corrected chi connectivity index (χ0v) is 15.6. The van der Waals surface area contributed by atoms with Gasteiger partial charge in [-0.2, -0.15) is 4.72 Å². The van der Waals surface area contributed by atoms with Crippen LogP contribution < -0.4 is 19.9 Å². The molecule has 2 rings (SSSR count). The Bertz CT molecular complexity index is 944. The van der Waals surface area contributed by atoms with Crippen LogP contribution in [-0.4, -0.2) is 34.1 Å². The summed E-state index contributed by atoms with van der Waals surface area (Å²) in [4.78, 5) is 11.4. The molecule has 0 unspecified atom stereocenters. The number of benzene rings is 2. The number of hydrogen-bond acceptors (Lipinski definition) is 5. The van der Waals surface area contributed by atoms with Crippen molar-refractivity contribution in [3.63, 3.8) is 0 Å². The summed E-state index contributed by atoms with van der Waals surface area (Å²) >= 11 is 0. The second-order valence-corrected chi connectivity index (χ2v) is 7.00. The maximum Gasteiger partial charge on any atom is 0.252 e. The molecule has 0 aromatic heterocycles. The molecule has 3 N–H and O–H groups in total. The average Bonchev–Trinajstić information content (AvgIpc) is 2.65. The molecule has 0 aliphatic heterocycles. The van der Waals surface area contributed by atoms with Crippen LogP contribution in [0.25, 0.3) is 0 Å². The molecule has 2 aromatic rings. The van der Waals surface area contributed by atoms with Crippen molar-refractivity contribution in [2.45, 2.75) is 11.8 Å². The van der Waals surface area contributed by atoms with Gasteiger partial charge in [0.2, 0.25) is 10.0 Å². The molecule has 142 valence electrons. The van der Waals surface area contributed by atoms with Crippen LogP contribution >= 0.6 is 0 Å². The van der Waals surface area contributed by atoms with Crippen LogP contribution in [0.4, 0.5) is 0 Å². The summed E-state index contributed by atoms with van der Waals surface area (Å²) in [5.74, 6) is 5.67. The third-order valence-corrected chi connectivity index (χ3v) is 4.79. The highest BCUT2D eigenvalue weighted by atomic mass is 32.2. The minimum atomic E-state index is -3.66. The standard InChI is InChI=1S/C19H20N2O5S/c1-2-25-15-9-11-16(12-10-15)27(23,24)21-13-5-6-14-26-18-8-4-3-7-17(18)19(20)22/h3-4,7-12,21H,2,13-14H2,1H3,(H2,20,22). The van der Waals surface area contributed by atoms with E-state index < -0.39 is 15.9 Å². The van der Waals surface area contributed by atoms with Gasteiger partial charge in [-0.3, -0.25) is 4.79 Å². The van der Waals surface area contributed by atoms with Crippen LogP contribution in [0.15, 0.2) is 53.4 Å². The van der Waals surface area contributed by atoms with Gasteiger partial charge < -0.3 is 15.2 Å². The fourth-order valence-electron chi connectivity index (χ4n) is 2.12. The molecule has 7 nitrogen and oxygen atoms in total. The molecular formula is C19H20N2O5S. The van der Waals surface area contributed by atoms with Gasteiger partial charge in [0, 0.05) is 0 Å². The fourth-order valence-corrected chi connectivity index (χ4v) is 3.04. The van der Waals surface area contributed by atoms with Crippen molar-refractivity contribution in [2.24, 2.45) is 5.73 Å². The molecule has 0 atom stereocenters. The molecule has 27 heavy (non-hydrogen) atoms. The van der Waals surface area contributed by atoms with Crippen LogP contribution in [0.2, 0.25) is 0 Å².